The van der Waals surface area contributed by atoms with Crippen LogP contribution in [-0.4, -0.2) is 55.8 Å². The van der Waals surface area contributed by atoms with Gasteiger partial charge in [-0.3, -0.25) is 0 Å². The van der Waals surface area contributed by atoms with Crippen molar-refractivity contribution in [2.45, 2.75) is 27.9 Å². The molecular formula is C12H16N6O4S2. The van der Waals surface area contributed by atoms with E-state index in [-0.39, 0.29) is 16.3 Å². The van der Waals surface area contributed by atoms with E-state index in [1.165, 1.54) is 18.2 Å². The summed E-state index contributed by atoms with van der Waals surface area (Å²) in [6.45, 7) is 1.11. The molecule has 4 N–H and O–H groups in total. The molecule has 1 saturated heterocycles. The Morgan fingerprint density at radius 3 is 2.42 bits per heavy atom. The number of nitrogens with two attached hydrogens (primary N) is 1. The summed E-state index contributed by atoms with van der Waals surface area (Å²) in [6.07, 6.45) is 0.803. The van der Waals surface area contributed by atoms with Crippen molar-refractivity contribution in [2.75, 3.05) is 13.1 Å². The van der Waals surface area contributed by atoms with Gasteiger partial charge in [-0.25, -0.2) is 22.0 Å². The molecule has 0 aliphatic carbocycles. The summed E-state index contributed by atoms with van der Waals surface area (Å²) in [6, 6.07) is 4.08. The molecule has 3 rings (SSSR count). The van der Waals surface area contributed by atoms with Crippen molar-refractivity contribution >= 4 is 19.9 Å². The highest BCUT2D eigenvalue weighted by Gasteiger charge is 2.35. The number of rotatable bonds is 4. The zero-order valence-corrected chi connectivity index (χ0v) is 14.1. The molecule has 0 radical (unpaired) electrons. The van der Waals surface area contributed by atoms with Crippen LogP contribution in [0.1, 0.15) is 12.8 Å². The van der Waals surface area contributed by atoms with E-state index >= 15 is 0 Å². The molecule has 1 fully saturated rings. The van der Waals surface area contributed by atoms with Gasteiger partial charge in [-0.05, 0) is 43.3 Å². The fraction of sp³-hybridized carbons (Fsp3) is 0.417. The zero-order chi connectivity index (χ0) is 17.4. The predicted octanol–water partition coefficient (Wildman–Crippen LogP) is -0.960. The van der Waals surface area contributed by atoms with Crippen molar-refractivity contribution in [1.29, 1.82) is 0 Å². The van der Waals surface area contributed by atoms with Crippen molar-refractivity contribution in [2.24, 2.45) is 5.14 Å². The van der Waals surface area contributed by atoms with Crippen molar-refractivity contribution < 1.29 is 16.8 Å². The first kappa shape index (κ1) is 17.0. The lowest BCUT2D eigenvalue weighted by Crippen LogP contribution is -2.36. The van der Waals surface area contributed by atoms with E-state index in [0.717, 1.165) is 0 Å². The minimum absolute atomic E-state index is 0.00117. The summed E-state index contributed by atoms with van der Waals surface area (Å²) in [4.78, 5) is -0.816. The maximum Gasteiger partial charge on any atom is 0.240 e. The van der Waals surface area contributed by atoms with E-state index in [4.69, 9.17) is 5.14 Å². The Morgan fingerprint density at radius 1 is 1.12 bits per heavy atom. The Kier molecular flexibility index (Phi) is 4.38. The first-order chi connectivity index (χ1) is 11.3. The highest BCUT2D eigenvalue weighted by atomic mass is 32.2. The van der Waals surface area contributed by atoms with Gasteiger partial charge >= 0.3 is 0 Å². The second-order valence-corrected chi connectivity index (χ2v) is 9.10. The highest BCUT2D eigenvalue weighted by Crippen LogP contribution is 2.33. The Labute approximate surface area is 138 Å². The molecule has 1 aliphatic heterocycles. The van der Waals surface area contributed by atoms with E-state index < -0.39 is 30.0 Å². The summed E-state index contributed by atoms with van der Waals surface area (Å²) in [5.74, 6) is -0.0404. The van der Waals surface area contributed by atoms with Crippen LogP contribution in [0.5, 0.6) is 0 Å². The predicted molar refractivity (Wildman–Crippen MR) is 84.1 cm³/mol. The van der Waals surface area contributed by atoms with Gasteiger partial charge in [0.25, 0.3) is 0 Å². The molecule has 2 aromatic rings. The summed E-state index contributed by atoms with van der Waals surface area (Å²) in [5.41, 5.74) is 0.00117. The van der Waals surface area contributed by atoms with Gasteiger partial charge in [0.05, 0.1) is 10.1 Å². The molecular weight excluding hydrogens is 356 g/mol. The van der Waals surface area contributed by atoms with Gasteiger partial charge < -0.3 is 5.32 Å². The normalized spacial score (nSPS) is 17.0. The van der Waals surface area contributed by atoms with E-state index in [9.17, 15) is 16.8 Å². The Balaban J connectivity index is 2.23. The topological polar surface area (TPSA) is 161 Å². The zero-order valence-electron chi connectivity index (χ0n) is 12.5. The van der Waals surface area contributed by atoms with Crippen LogP contribution in [0.25, 0.3) is 11.4 Å². The third-order valence-corrected chi connectivity index (χ3v) is 7.32. The molecule has 0 atom stereocenters. The largest absolute Gasteiger partial charge is 0.317 e. The van der Waals surface area contributed by atoms with Gasteiger partial charge in [0.15, 0.2) is 9.84 Å². The Morgan fingerprint density at radius 2 is 1.83 bits per heavy atom. The molecule has 1 aliphatic rings. The van der Waals surface area contributed by atoms with Crippen LogP contribution in [0.3, 0.4) is 0 Å². The third-order valence-electron chi connectivity index (χ3n) is 3.88. The number of nitrogens with zero attached hydrogens (tertiary/aromatic N) is 3. The monoisotopic (exact) mass is 372 g/mol. The van der Waals surface area contributed by atoms with Crippen LogP contribution in [0.15, 0.2) is 28.0 Å². The Bertz CT molecular complexity index is 934. The molecule has 0 saturated carbocycles. The first-order valence-electron chi connectivity index (χ1n) is 7.16. The lowest BCUT2D eigenvalue weighted by Gasteiger charge is -2.24. The van der Waals surface area contributed by atoms with Crippen molar-refractivity contribution in [1.82, 2.24) is 25.9 Å². The number of H-pyrrole nitrogens is 1. The van der Waals surface area contributed by atoms with E-state index in [2.05, 4.69) is 25.9 Å². The second kappa shape index (κ2) is 6.20. The molecule has 0 spiro atoms. The molecule has 0 amide bonds. The number of benzene rings is 1. The van der Waals surface area contributed by atoms with Crippen LogP contribution < -0.4 is 10.5 Å². The standard InChI is InChI=1S/C12H16N6O4S2/c13-24(21,22)11-9(12-15-17-18-16-12)2-1-3-10(11)23(19,20)8-4-6-14-7-5-8/h1-3,8,14H,4-7H2,(H2,13,21,22)(H,15,16,17,18). The van der Waals surface area contributed by atoms with Gasteiger partial charge in [-0.2, -0.15) is 5.21 Å². The van der Waals surface area contributed by atoms with Crippen LogP contribution in [0.2, 0.25) is 0 Å². The molecule has 10 nitrogen and oxygen atoms in total. The molecule has 0 unspecified atom stereocenters. The maximum absolute atomic E-state index is 13.0. The summed E-state index contributed by atoms with van der Waals surface area (Å²) >= 11 is 0. The minimum atomic E-state index is -4.33. The molecule has 12 heteroatoms. The van der Waals surface area contributed by atoms with Gasteiger partial charge in [-0.1, -0.05) is 6.07 Å². The van der Waals surface area contributed by atoms with E-state index in [1.54, 1.807) is 0 Å². The highest BCUT2D eigenvalue weighted by molar-refractivity contribution is 7.94. The molecule has 24 heavy (non-hydrogen) atoms. The second-order valence-electron chi connectivity index (χ2n) is 5.41. The molecule has 130 valence electrons. The quantitative estimate of drug-likeness (QED) is 0.618. The number of aromatic amines is 1. The summed E-state index contributed by atoms with van der Waals surface area (Å²) in [5, 5.41) is 20.7. The number of sulfone groups is 1. The fourth-order valence-electron chi connectivity index (χ4n) is 2.77. The molecule has 0 bridgehead atoms. The van der Waals surface area contributed by atoms with Crippen LogP contribution in [0.4, 0.5) is 0 Å². The van der Waals surface area contributed by atoms with Crippen molar-refractivity contribution in [3.05, 3.63) is 18.2 Å². The number of hydrogen-bond donors (Lipinski definition) is 3. The average molecular weight is 372 g/mol. The number of tetrazole rings is 1. The minimum Gasteiger partial charge on any atom is -0.317 e. The summed E-state index contributed by atoms with van der Waals surface area (Å²) in [7, 11) is -8.20. The van der Waals surface area contributed by atoms with Gasteiger partial charge in [0.2, 0.25) is 15.8 Å². The first-order valence-corrected chi connectivity index (χ1v) is 10.3. The van der Waals surface area contributed by atoms with E-state index in [1.807, 2.05) is 0 Å². The van der Waals surface area contributed by atoms with Gasteiger partial charge in [0.1, 0.15) is 4.90 Å². The summed E-state index contributed by atoms with van der Waals surface area (Å²) < 4.78 is 50.2. The van der Waals surface area contributed by atoms with E-state index in [0.29, 0.717) is 25.9 Å². The number of primary sulfonamides is 1. The Hall–Kier alpha value is -1.89. The third kappa shape index (κ3) is 3.05. The van der Waals surface area contributed by atoms with Crippen molar-refractivity contribution in [3.8, 4) is 11.4 Å². The number of piperidine rings is 1. The smallest absolute Gasteiger partial charge is 0.240 e. The molecule has 2 heterocycles. The molecule has 1 aromatic heterocycles. The average Bonchev–Trinajstić information content (AvgIpc) is 3.08. The van der Waals surface area contributed by atoms with Crippen LogP contribution in [-0.2, 0) is 19.9 Å². The fourth-order valence-corrected chi connectivity index (χ4v) is 6.13. The van der Waals surface area contributed by atoms with Crippen molar-refractivity contribution in [3.63, 3.8) is 0 Å². The number of aromatic nitrogens is 4. The number of nitrogens with one attached hydrogen (secondary N) is 2. The number of hydrogen-bond acceptors (Lipinski definition) is 8. The van der Waals surface area contributed by atoms with Gasteiger partial charge in [-0.15, -0.1) is 10.2 Å². The number of sulfonamides is 1. The maximum atomic E-state index is 13.0. The van der Waals surface area contributed by atoms with Crippen LogP contribution >= 0.6 is 0 Å². The molecule has 1 aromatic carbocycles. The lowest BCUT2D eigenvalue weighted by atomic mass is 10.2. The lowest BCUT2D eigenvalue weighted by molar-refractivity contribution is 0.495. The SMILES string of the molecule is NS(=O)(=O)c1c(-c2nn[nH]n2)cccc1S(=O)(=O)C1CCNCC1. The van der Waals surface area contributed by atoms with Crippen LogP contribution in [0, 0.1) is 0 Å². The van der Waals surface area contributed by atoms with Gasteiger partial charge in [0, 0.05) is 5.56 Å².